The second-order valence-electron chi connectivity index (χ2n) is 7.12. The maximum Gasteiger partial charge on any atom is 0.412 e. The molecule has 0 radical (unpaired) electrons. The molecule has 10 heteroatoms. The minimum atomic E-state index is -0.686. The number of nitrogens with one attached hydrogen (secondary N) is 1. The summed E-state index contributed by atoms with van der Waals surface area (Å²) in [6, 6.07) is 8.23. The first-order valence-corrected chi connectivity index (χ1v) is 8.96. The Hall–Kier alpha value is -3.95. The summed E-state index contributed by atoms with van der Waals surface area (Å²) in [6.07, 6.45) is -0.686. The summed E-state index contributed by atoms with van der Waals surface area (Å²) in [5, 5.41) is 21.2. The summed E-state index contributed by atoms with van der Waals surface area (Å²) in [5.74, 6) is -1.42. The third-order valence-electron chi connectivity index (χ3n) is 3.51. The van der Waals surface area contributed by atoms with E-state index in [-0.39, 0.29) is 34.0 Å². The van der Waals surface area contributed by atoms with Crippen LogP contribution in [0.25, 0.3) is 0 Å². The lowest BCUT2D eigenvalue weighted by Crippen LogP contribution is -2.27. The van der Waals surface area contributed by atoms with Crippen molar-refractivity contribution in [2.24, 2.45) is 0 Å². The van der Waals surface area contributed by atoms with Gasteiger partial charge >= 0.3 is 18.0 Å². The summed E-state index contributed by atoms with van der Waals surface area (Å²) in [7, 11) is 2.52. The van der Waals surface area contributed by atoms with Gasteiger partial charge in [-0.2, -0.15) is 0 Å². The Labute approximate surface area is 179 Å². The van der Waals surface area contributed by atoms with Crippen LogP contribution in [0.5, 0.6) is 11.5 Å². The number of benzene rings is 2. The molecule has 0 saturated carbocycles. The molecule has 31 heavy (non-hydrogen) atoms. The molecule has 1 amide bonds. The highest BCUT2D eigenvalue weighted by Crippen LogP contribution is 2.25. The van der Waals surface area contributed by atoms with Crippen molar-refractivity contribution in [3.8, 4) is 11.5 Å². The van der Waals surface area contributed by atoms with Gasteiger partial charge in [-0.3, -0.25) is 5.32 Å². The van der Waals surface area contributed by atoms with Gasteiger partial charge in [0.15, 0.2) is 0 Å². The van der Waals surface area contributed by atoms with Crippen LogP contribution in [-0.4, -0.2) is 48.1 Å². The van der Waals surface area contributed by atoms with E-state index in [9.17, 15) is 19.5 Å². The number of ether oxygens (including phenoxy) is 3. The van der Waals surface area contributed by atoms with Crippen LogP contribution in [0.4, 0.5) is 16.2 Å². The van der Waals surface area contributed by atoms with E-state index >= 15 is 0 Å². The molecule has 2 aromatic carbocycles. The van der Waals surface area contributed by atoms with E-state index in [4.69, 9.17) is 15.6 Å². The van der Waals surface area contributed by atoms with Crippen LogP contribution in [0, 0.1) is 0 Å². The summed E-state index contributed by atoms with van der Waals surface area (Å²) in [6.45, 7) is 5.19. The van der Waals surface area contributed by atoms with E-state index in [1.165, 1.54) is 50.6 Å². The van der Waals surface area contributed by atoms with Crippen LogP contribution in [0.2, 0.25) is 0 Å². The minimum absolute atomic E-state index is 0.113. The van der Waals surface area contributed by atoms with Gasteiger partial charge in [-0.15, -0.1) is 0 Å². The summed E-state index contributed by atoms with van der Waals surface area (Å²) < 4.78 is 14.0. The monoisotopic (exact) mass is 434 g/mol. The van der Waals surface area contributed by atoms with Crippen LogP contribution in [0.1, 0.15) is 41.5 Å². The number of hydrogen-bond acceptors (Lipinski definition) is 9. The molecule has 0 saturated heterocycles. The zero-order valence-electron chi connectivity index (χ0n) is 17.9. The number of carbonyl (C=O) groups excluding carboxylic acids is 3. The molecule has 5 N–H and O–H groups in total. The van der Waals surface area contributed by atoms with Crippen molar-refractivity contribution in [1.29, 1.82) is 0 Å². The number of amides is 1. The highest BCUT2D eigenvalue weighted by molar-refractivity contribution is 5.93. The Balaban J connectivity index is 0.000000343. The van der Waals surface area contributed by atoms with Crippen molar-refractivity contribution in [3.05, 3.63) is 47.5 Å². The normalized spacial score (nSPS) is 10.2. The quantitative estimate of drug-likeness (QED) is 0.246. The molecule has 0 aliphatic carbocycles. The minimum Gasteiger partial charge on any atom is -0.506 e. The third-order valence-corrected chi connectivity index (χ3v) is 3.51. The number of nitrogens with two attached hydrogens (primary N) is 1. The predicted molar refractivity (Wildman–Crippen MR) is 113 cm³/mol. The van der Waals surface area contributed by atoms with Crippen molar-refractivity contribution in [2.45, 2.75) is 26.4 Å². The molecule has 2 aromatic rings. The number of rotatable bonds is 3. The van der Waals surface area contributed by atoms with Gasteiger partial charge in [0.05, 0.1) is 36.7 Å². The lowest BCUT2D eigenvalue weighted by Gasteiger charge is -2.20. The Morgan fingerprint density at radius 3 is 1.77 bits per heavy atom. The Morgan fingerprint density at radius 2 is 1.35 bits per heavy atom. The van der Waals surface area contributed by atoms with Crippen LogP contribution in [0.15, 0.2) is 36.4 Å². The highest BCUT2D eigenvalue weighted by Gasteiger charge is 2.18. The molecule has 0 unspecified atom stereocenters. The fourth-order valence-corrected chi connectivity index (χ4v) is 2.08. The van der Waals surface area contributed by atoms with Crippen molar-refractivity contribution in [1.82, 2.24) is 0 Å². The average molecular weight is 434 g/mol. The Kier molecular flexibility index (Phi) is 8.67. The summed E-state index contributed by atoms with van der Waals surface area (Å²) in [4.78, 5) is 33.7. The second-order valence-corrected chi connectivity index (χ2v) is 7.12. The number of phenolic OH excluding ortho intramolecular Hbond substituents is 2. The van der Waals surface area contributed by atoms with Gasteiger partial charge in [-0.05, 0) is 57.2 Å². The largest absolute Gasteiger partial charge is 0.506 e. The fraction of sp³-hybridized carbons (Fsp3) is 0.286. The first-order chi connectivity index (χ1) is 14.4. The first-order valence-electron chi connectivity index (χ1n) is 8.96. The topological polar surface area (TPSA) is 157 Å². The van der Waals surface area contributed by atoms with Gasteiger partial charge in [0.1, 0.15) is 17.1 Å². The number of carbonyl (C=O) groups is 3. The van der Waals surface area contributed by atoms with Crippen molar-refractivity contribution in [3.63, 3.8) is 0 Å². The van der Waals surface area contributed by atoms with Gasteiger partial charge in [-0.1, -0.05) is 0 Å². The van der Waals surface area contributed by atoms with Gasteiger partial charge < -0.3 is 30.2 Å². The Morgan fingerprint density at radius 1 is 0.871 bits per heavy atom. The van der Waals surface area contributed by atoms with Gasteiger partial charge in [0, 0.05) is 0 Å². The van der Waals surface area contributed by atoms with Crippen molar-refractivity contribution >= 4 is 29.4 Å². The van der Waals surface area contributed by atoms with Crippen LogP contribution in [-0.2, 0) is 14.2 Å². The van der Waals surface area contributed by atoms with Crippen molar-refractivity contribution < 1.29 is 38.8 Å². The number of esters is 2. The molecule has 2 rings (SSSR count). The zero-order chi connectivity index (χ0) is 23.8. The number of nitrogen functional groups attached to an aromatic ring is 1. The highest BCUT2D eigenvalue weighted by atomic mass is 16.6. The molecular formula is C21H26N2O8. The third kappa shape index (κ3) is 8.13. The maximum absolute atomic E-state index is 11.5. The first kappa shape index (κ1) is 25.1. The SMILES string of the molecule is COC(=O)c1ccc(N)c(O)c1.COC(=O)c1ccc(NC(=O)OC(C)(C)C)c(O)c1. The van der Waals surface area contributed by atoms with E-state index in [1.54, 1.807) is 20.8 Å². The van der Waals surface area contributed by atoms with Gasteiger partial charge in [0.25, 0.3) is 0 Å². The number of aromatic hydroxyl groups is 2. The second kappa shape index (κ2) is 10.7. The lowest BCUT2D eigenvalue weighted by molar-refractivity contribution is 0.0591. The van der Waals surface area contributed by atoms with Gasteiger partial charge in [0.2, 0.25) is 0 Å². The van der Waals surface area contributed by atoms with Crippen LogP contribution < -0.4 is 11.1 Å². The molecule has 0 atom stereocenters. The molecule has 0 fully saturated rings. The fourth-order valence-electron chi connectivity index (χ4n) is 2.08. The average Bonchev–Trinajstić information content (AvgIpc) is 2.69. The van der Waals surface area contributed by atoms with E-state index in [2.05, 4.69) is 14.8 Å². The number of methoxy groups -OCH3 is 2. The smallest absolute Gasteiger partial charge is 0.412 e. The van der Waals surface area contributed by atoms with E-state index in [1.807, 2.05) is 0 Å². The molecule has 0 aliphatic heterocycles. The van der Waals surface area contributed by atoms with Crippen LogP contribution >= 0.6 is 0 Å². The predicted octanol–water partition coefficient (Wildman–Crippen LogP) is 3.29. The summed E-state index contributed by atoms with van der Waals surface area (Å²) >= 11 is 0. The molecule has 0 aliphatic rings. The number of phenols is 2. The number of hydrogen-bond donors (Lipinski definition) is 4. The van der Waals surface area contributed by atoms with Crippen LogP contribution in [0.3, 0.4) is 0 Å². The summed E-state index contributed by atoms with van der Waals surface area (Å²) in [5.41, 5.74) is 5.56. The molecule has 10 nitrogen and oxygen atoms in total. The maximum atomic E-state index is 11.5. The molecular weight excluding hydrogens is 408 g/mol. The molecule has 168 valence electrons. The van der Waals surface area contributed by atoms with E-state index in [0.29, 0.717) is 0 Å². The Bertz CT molecular complexity index is 951. The molecule has 0 bridgehead atoms. The molecule has 0 heterocycles. The van der Waals surface area contributed by atoms with E-state index < -0.39 is 23.6 Å². The zero-order valence-corrected chi connectivity index (χ0v) is 17.9. The molecule has 0 aromatic heterocycles. The lowest BCUT2D eigenvalue weighted by atomic mass is 10.2. The number of anilines is 2. The molecule has 0 spiro atoms. The van der Waals surface area contributed by atoms with E-state index in [0.717, 1.165) is 0 Å². The standard InChI is InChI=1S/C13H17NO5.C8H9NO3/c1-13(2,3)19-12(17)14-9-6-5-8(7-10(9)15)11(16)18-4;1-12-8(11)5-2-3-6(9)7(10)4-5/h5-7,15H,1-4H3,(H,14,17);2-4,10H,9H2,1H3. The van der Waals surface area contributed by atoms with Crippen molar-refractivity contribution in [2.75, 3.05) is 25.3 Å². The van der Waals surface area contributed by atoms with Gasteiger partial charge in [-0.25, -0.2) is 14.4 Å².